The van der Waals surface area contributed by atoms with Gasteiger partial charge in [0.05, 0.1) is 0 Å². The standard InChI is InChI=1S/C17H19F2N5O/c1-2-23-8-10-24(11-9-23)17-20-7-6-14(21-17)16(25)22-15-12(18)4-3-5-13(15)19/h3-7H,2,8-11H2,1H3,(H,22,25). The summed E-state index contributed by atoms with van der Waals surface area (Å²) >= 11 is 0. The number of halogens is 2. The molecule has 8 heteroatoms. The monoisotopic (exact) mass is 347 g/mol. The lowest BCUT2D eigenvalue weighted by molar-refractivity contribution is 0.102. The average molecular weight is 347 g/mol. The molecule has 0 unspecified atom stereocenters. The van der Waals surface area contributed by atoms with E-state index in [1.807, 2.05) is 4.90 Å². The Morgan fingerprint density at radius 1 is 1.16 bits per heavy atom. The highest BCUT2D eigenvalue weighted by Gasteiger charge is 2.20. The molecule has 1 fully saturated rings. The maximum Gasteiger partial charge on any atom is 0.274 e. The van der Waals surface area contributed by atoms with E-state index in [1.165, 1.54) is 18.3 Å². The molecule has 2 heterocycles. The van der Waals surface area contributed by atoms with Crippen molar-refractivity contribution in [1.82, 2.24) is 14.9 Å². The first-order valence-electron chi connectivity index (χ1n) is 8.14. The number of rotatable bonds is 4. The van der Waals surface area contributed by atoms with E-state index in [4.69, 9.17) is 0 Å². The van der Waals surface area contributed by atoms with Crippen LogP contribution in [0.2, 0.25) is 0 Å². The second-order valence-electron chi connectivity index (χ2n) is 5.71. The summed E-state index contributed by atoms with van der Waals surface area (Å²) in [6, 6.07) is 4.81. The summed E-state index contributed by atoms with van der Waals surface area (Å²) in [5.74, 6) is -1.91. The van der Waals surface area contributed by atoms with E-state index >= 15 is 0 Å². The lowest BCUT2D eigenvalue weighted by atomic mass is 10.2. The fraction of sp³-hybridized carbons (Fsp3) is 0.353. The summed E-state index contributed by atoms with van der Waals surface area (Å²) in [5.41, 5.74) is -0.421. The molecular formula is C17H19F2N5O. The highest BCUT2D eigenvalue weighted by atomic mass is 19.1. The third-order valence-corrected chi connectivity index (χ3v) is 4.18. The van der Waals surface area contributed by atoms with Gasteiger partial charge in [-0.3, -0.25) is 4.79 Å². The number of hydrogen-bond donors (Lipinski definition) is 1. The van der Waals surface area contributed by atoms with E-state index in [-0.39, 0.29) is 5.69 Å². The van der Waals surface area contributed by atoms with Crippen molar-refractivity contribution in [1.29, 1.82) is 0 Å². The molecule has 1 aromatic heterocycles. The molecule has 0 radical (unpaired) electrons. The zero-order chi connectivity index (χ0) is 17.8. The van der Waals surface area contributed by atoms with Crippen LogP contribution < -0.4 is 10.2 Å². The number of aromatic nitrogens is 2. The third kappa shape index (κ3) is 3.90. The van der Waals surface area contributed by atoms with Gasteiger partial charge in [-0.05, 0) is 24.7 Å². The Bertz CT molecular complexity index is 742. The maximum atomic E-state index is 13.7. The van der Waals surface area contributed by atoms with Crippen molar-refractivity contribution in [3.05, 3.63) is 47.8 Å². The molecule has 2 aromatic rings. The molecule has 1 N–H and O–H groups in total. The number of piperazine rings is 1. The highest BCUT2D eigenvalue weighted by molar-refractivity contribution is 6.03. The molecule has 6 nitrogen and oxygen atoms in total. The van der Waals surface area contributed by atoms with Crippen LogP contribution in [0.4, 0.5) is 20.4 Å². The highest BCUT2D eigenvalue weighted by Crippen LogP contribution is 2.19. The summed E-state index contributed by atoms with van der Waals surface area (Å²) in [7, 11) is 0. The normalized spacial score (nSPS) is 15.2. The van der Waals surface area contributed by atoms with Crippen LogP contribution in [0.5, 0.6) is 0 Å². The third-order valence-electron chi connectivity index (χ3n) is 4.18. The van der Waals surface area contributed by atoms with Gasteiger partial charge in [-0.15, -0.1) is 0 Å². The van der Waals surface area contributed by atoms with Crippen molar-refractivity contribution in [3.8, 4) is 0 Å². The number of amides is 1. The van der Waals surface area contributed by atoms with E-state index in [0.29, 0.717) is 5.95 Å². The molecule has 1 saturated heterocycles. The minimum Gasteiger partial charge on any atom is -0.338 e. The summed E-state index contributed by atoms with van der Waals surface area (Å²) in [4.78, 5) is 25.0. The number of anilines is 2. The van der Waals surface area contributed by atoms with E-state index in [9.17, 15) is 13.6 Å². The van der Waals surface area contributed by atoms with Crippen molar-refractivity contribution < 1.29 is 13.6 Å². The molecule has 0 spiro atoms. The first-order chi connectivity index (χ1) is 12.1. The van der Waals surface area contributed by atoms with Gasteiger partial charge < -0.3 is 15.1 Å². The molecule has 0 saturated carbocycles. The molecule has 1 aliphatic rings. The molecule has 1 aliphatic heterocycles. The first kappa shape index (κ1) is 17.2. The zero-order valence-electron chi connectivity index (χ0n) is 13.9. The van der Waals surface area contributed by atoms with Crippen LogP contribution in [0.15, 0.2) is 30.5 Å². The van der Waals surface area contributed by atoms with E-state index in [2.05, 4.69) is 27.1 Å². The second kappa shape index (κ2) is 7.52. The quantitative estimate of drug-likeness (QED) is 0.918. The van der Waals surface area contributed by atoms with Crippen LogP contribution in [0, 0.1) is 11.6 Å². The van der Waals surface area contributed by atoms with Gasteiger partial charge in [-0.2, -0.15) is 0 Å². The Hall–Kier alpha value is -2.61. The summed E-state index contributed by atoms with van der Waals surface area (Å²) in [5, 5.41) is 2.24. The molecule has 0 aliphatic carbocycles. The zero-order valence-corrected chi connectivity index (χ0v) is 13.9. The fourth-order valence-corrected chi connectivity index (χ4v) is 2.69. The van der Waals surface area contributed by atoms with Gasteiger partial charge in [0, 0.05) is 32.4 Å². The number of para-hydroxylation sites is 1. The molecule has 25 heavy (non-hydrogen) atoms. The van der Waals surface area contributed by atoms with Crippen molar-refractivity contribution in [3.63, 3.8) is 0 Å². The van der Waals surface area contributed by atoms with Crippen LogP contribution in [-0.4, -0.2) is 53.5 Å². The number of carbonyl (C=O) groups is 1. The van der Waals surface area contributed by atoms with Gasteiger partial charge >= 0.3 is 0 Å². The summed E-state index contributed by atoms with van der Waals surface area (Å²) in [6.45, 7) is 6.43. The Labute approximate surface area is 144 Å². The predicted octanol–water partition coefficient (Wildman–Crippen LogP) is 2.15. The fourth-order valence-electron chi connectivity index (χ4n) is 2.69. The van der Waals surface area contributed by atoms with Crippen LogP contribution >= 0.6 is 0 Å². The second-order valence-corrected chi connectivity index (χ2v) is 5.71. The molecule has 3 rings (SSSR count). The van der Waals surface area contributed by atoms with E-state index < -0.39 is 23.2 Å². The first-order valence-corrected chi connectivity index (χ1v) is 8.14. The number of carbonyl (C=O) groups excluding carboxylic acids is 1. The summed E-state index contributed by atoms with van der Waals surface area (Å²) < 4.78 is 27.3. The number of benzene rings is 1. The predicted molar refractivity (Wildman–Crippen MR) is 90.7 cm³/mol. The topological polar surface area (TPSA) is 61.4 Å². The number of hydrogen-bond acceptors (Lipinski definition) is 5. The number of nitrogens with one attached hydrogen (secondary N) is 1. The van der Waals surface area contributed by atoms with E-state index in [1.54, 1.807) is 0 Å². The van der Waals surface area contributed by atoms with Crippen molar-refractivity contribution >= 4 is 17.5 Å². The Kier molecular flexibility index (Phi) is 5.18. The smallest absolute Gasteiger partial charge is 0.274 e. The number of nitrogens with zero attached hydrogens (tertiary/aromatic N) is 4. The van der Waals surface area contributed by atoms with Crippen molar-refractivity contribution in [2.24, 2.45) is 0 Å². The van der Waals surface area contributed by atoms with Gasteiger partial charge in [0.1, 0.15) is 23.0 Å². The minimum atomic E-state index is -0.835. The van der Waals surface area contributed by atoms with Crippen molar-refractivity contribution in [2.75, 3.05) is 42.9 Å². The van der Waals surface area contributed by atoms with Gasteiger partial charge in [0.15, 0.2) is 0 Å². The minimum absolute atomic E-state index is 0.0607. The van der Waals surface area contributed by atoms with Crippen LogP contribution in [0.3, 0.4) is 0 Å². The number of likely N-dealkylation sites (N-methyl/N-ethyl adjacent to an activating group) is 1. The van der Waals surface area contributed by atoms with Crippen LogP contribution in [0.25, 0.3) is 0 Å². The molecule has 1 aromatic carbocycles. The Morgan fingerprint density at radius 2 is 1.84 bits per heavy atom. The van der Waals surface area contributed by atoms with Crippen molar-refractivity contribution in [2.45, 2.75) is 6.92 Å². The van der Waals surface area contributed by atoms with Gasteiger partial charge in [-0.25, -0.2) is 18.7 Å². The molecule has 0 atom stereocenters. The lowest BCUT2D eigenvalue weighted by Gasteiger charge is -2.34. The van der Waals surface area contributed by atoms with Crippen LogP contribution in [0.1, 0.15) is 17.4 Å². The van der Waals surface area contributed by atoms with Crippen LogP contribution in [-0.2, 0) is 0 Å². The van der Waals surface area contributed by atoms with Gasteiger partial charge in [0.2, 0.25) is 5.95 Å². The molecule has 0 bridgehead atoms. The molecule has 1 amide bonds. The SMILES string of the molecule is CCN1CCN(c2nccc(C(=O)Nc3c(F)cccc3F)n2)CC1. The average Bonchev–Trinajstić information content (AvgIpc) is 2.65. The molecular weight excluding hydrogens is 328 g/mol. The largest absolute Gasteiger partial charge is 0.338 e. The summed E-state index contributed by atoms with van der Waals surface area (Å²) in [6.07, 6.45) is 1.47. The van der Waals surface area contributed by atoms with Gasteiger partial charge in [0.25, 0.3) is 5.91 Å². The Morgan fingerprint density at radius 3 is 2.48 bits per heavy atom. The van der Waals surface area contributed by atoms with Gasteiger partial charge in [-0.1, -0.05) is 13.0 Å². The molecule has 132 valence electrons. The maximum absolute atomic E-state index is 13.7. The Balaban J connectivity index is 1.74. The lowest BCUT2D eigenvalue weighted by Crippen LogP contribution is -2.46. The van der Waals surface area contributed by atoms with E-state index in [0.717, 1.165) is 44.9 Å².